The van der Waals surface area contributed by atoms with Crippen LogP contribution in [0.5, 0.6) is 11.5 Å². The zero-order valence-corrected chi connectivity index (χ0v) is 11.9. The topological polar surface area (TPSA) is 67.8 Å². The highest BCUT2D eigenvalue weighted by molar-refractivity contribution is 5.87. The summed E-state index contributed by atoms with van der Waals surface area (Å²) in [6, 6.07) is 12.3. The van der Waals surface area contributed by atoms with E-state index >= 15 is 0 Å². The van der Waals surface area contributed by atoms with Crippen molar-refractivity contribution in [2.75, 3.05) is 19.5 Å². The third-order valence-electron chi connectivity index (χ3n) is 3.08. The Labute approximate surface area is 123 Å². The maximum atomic E-state index is 10.8. The van der Waals surface area contributed by atoms with Crippen LogP contribution in [0, 0.1) is 0 Å². The van der Waals surface area contributed by atoms with Crippen molar-refractivity contribution in [3.05, 3.63) is 53.6 Å². The van der Waals surface area contributed by atoms with E-state index in [4.69, 9.17) is 14.6 Å². The summed E-state index contributed by atoms with van der Waals surface area (Å²) in [6.07, 6.45) is 0. The quantitative estimate of drug-likeness (QED) is 0.854. The second kappa shape index (κ2) is 6.65. The number of ether oxygens (including phenoxy) is 2. The third-order valence-corrected chi connectivity index (χ3v) is 3.08. The molecule has 0 unspecified atom stereocenters. The van der Waals surface area contributed by atoms with Gasteiger partial charge in [0.15, 0.2) is 11.5 Å². The van der Waals surface area contributed by atoms with E-state index in [1.165, 1.54) is 0 Å². The first kappa shape index (κ1) is 14.7. The fraction of sp³-hybridized carbons (Fsp3) is 0.188. The van der Waals surface area contributed by atoms with Crippen LogP contribution in [0.3, 0.4) is 0 Å². The van der Waals surface area contributed by atoms with Crippen molar-refractivity contribution < 1.29 is 19.4 Å². The van der Waals surface area contributed by atoms with Crippen molar-refractivity contribution in [3.63, 3.8) is 0 Å². The maximum absolute atomic E-state index is 10.8. The fourth-order valence-electron chi connectivity index (χ4n) is 1.93. The second-order valence-electron chi connectivity index (χ2n) is 4.43. The molecular formula is C16H17NO4. The van der Waals surface area contributed by atoms with E-state index in [0.717, 1.165) is 11.3 Å². The van der Waals surface area contributed by atoms with Gasteiger partial charge < -0.3 is 19.9 Å². The van der Waals surface area contributed by atoms with Gasteiger partial charge in [-0.1, -0.05) is 6.07 Å². The lowest BCUT2D eigenvalue weighted by atomic mass is 10.1. The minimum Gasteiger partial charge on any atom is -0.493 e. The Balaban J connectivity index is 2.04. The summed E-state index contributed by atoms with van der Waals surface area (Å²) < 4.78 is 10.4. The molecule has 0 heterocycles. The van der Waals surface area contributed by atoms with Gasteiger partial charge in [-0.05, 0) is 42.0 Å². The SMILES string of the molecule is COc1ccc(CNc2ccc(C(=O)O)cc2)cc1OC. The van der Waals surface area contributed by atoms with Crippen molar-refractivity contribution in [1.29, 1.82) is 0 Å². The first-order valence-electron chi connectivity index (χ1n) is 6.42. The molecule has 0 saturated heterocycles. The molecule has 0 aromatic heterocycles. The number of anilines is 1. The summed E-state index contributed by atoms with van der Waals surface area (Å²) >= 11 is 0. The van der Waals surface area contributed by atoms with Gasteiger partial charge in [0.25, 0.3) is 0 Å². The molecule has 0 radical (unpaired) electrons. The molecule has 2 aromatic rings. The number of carboxylic acids is 1. The van der Waals surface area contributed by atoms with Crippen LogP contribution in [-0.2, 0) is 6.54 Å². The van der Waals surface area contributed by atoms with Gasteiger partial charge in [-0.2, -0.15) is 0 Å². The summed E-state index contributed by atoms with van der Waals surface area (Å²) in [4.78, 5) is 10.8. The van der Waals surface area contributed by atoms with Crippen molar-refractivity contribution in [1.82, 2.24) is 0 Å². The average molecular weight is 287 g/mol. The second-order valence-corrected chi connectivity index (χ2v) is 4.43. The van der Waals surface area contributed by atoms with Crippen LogP contribution in [0.1, 0.15) is 15.9 Å². The van der Waals surface area contributed by atoms with E-state index in [1.807, 2.05) is 18.2 Å². The van der Waals surface area contributed by atoms with Crippen molar-refractivity contribution in [2.45, 2.75) is 6.54 Å². The maximum Gasteiger partial charge on any atom is 0.335 e. The van der Waals surface area contributed by atoms with E-state index in [2.05, 4.69) is 5.32 Å². The number of methoxy groups -OCH3 is 2. The van der Waals surface area contributed by atoms with Crippen molar-refractivity contribution in [3.8, 4) is 11.5 Å². The predicted molar refractivity (Wildman–Crippen MR) is 80.3 cm³/mol. The van der Waals surface area contributed by atoms with Gasteiger partial charge in [0, 0.05) is 12.2 Å². The smallest absolute Gasteiger partial charge is 0.335 e. The normalized spacial score (nSPS) is 10.0. The number of nitrogens with one attached hydrogen (secondary N) is 1. The van der Waals surface area contributed by atoms with E-state index in [1.54, 1.807) is 38.5 Å². The number of benzene rings is 2. The van der Waals surface area contributed by atoms with Gasteiger partial charge in [0.2, 0.25) is 0 Å². The van der Waals surface area contributed by atoms with Crippen LogP contribution in [0.15, 0.2) is 42.5 Å². The summed E-state index contributed by atoms with van der Waals surface area (Å²) in [5.41, 5.74) is 2.16. The number of carboxylic acid groups (broad SMARTS) is 1. The highest BCUT2D eigenvalue weighted by Crippen LogP contribution is 2.27. The van der Waals surface area contributed by atoms with Crippen molar-refractivity contribution in [2.24, 2.45) is 0 Å². The molecule has 0 spiro atoms. The Morgan fingerprint density at radius 2 is 1.71 bits per heavy atom. The van der Waals surface area contributed by atoms with E-state index in [-0.39, 0.29) is 5.56 Å². The summed E-state index contributed by atoms with van der Waals surface area (Å²) in [5.74, 6) is 0.437. The van der Waals surface area contributed by atoms with Gasteiger partial charge >= 0.3 is 5.97 Å². The number of aromatic carboxylic acids is 1. The standard InChI is InChI=1S/C16H17NO4/c1-20-14-8-3-11(9-15(14)21-2)10-17-13-6-4-12(5-7-13)16(18)19/h3-9,17H,10H2,1-2H3,(H,18,19). The molecule has 2 N–H and O–H groups in total. The lowest BCUT2D eigenvalue weighted by Crippen LogP contribution is -2.01. The highest BCUT2D eigenvalue weighted by Gasteiger charge is 2.05. The molecule has 0 aliphatic heterocycles. The Hall–Kier alpha value is -2.69. The van der Waals surface area contributed by atoms with Crippen LogP contribution in [-0.4, -0.2) is 25.3 Å². The summed E-state index contributed by atoms with van der Waals surface area (Å²) in [7, 11) is 3.19. The Kier molecular flexibility index (Phi) is 4.66. The molecule has 2 aromatic carbocycles. The predicted octanol–water partition coefficient (Wildman–Crippen LogP) is 3.01. The molecule has 0 atom stereocenters. The molecule has 0 saturated carbocycles. The molecule has 0 amide bonds. The number of rotatable bonds is 6. The zero-order valence-electron chi connectivity index (χ0n) is 11.9. The first-order chi connectivity index (χ1) is 10.1. The largest absolute Gasteiger partial charge is 0.493 e. The molecule has 0 bridgehead atoms. The molecule has 21 heavy (non-hydrogen) atoms. The lowest BCUT2D eigenvalue weighted by Gasteiger charge is -2.11. The highest BCUT2D eigenvalue weighted by atomic mass is 16.5. The van der Waals surface area contributed by atoms with Gasteiger partial charge in [-0.25, -0.2) is 4.79 Å². The average Bonchev–Trinajstić information content (AvgIpc) is 2.52. The minimum absolute atomic E-state index is 0.270. The van der Waals surface area contributed by atoms with Crippen LogP contribution in [0.25, 0.3) is 0 Å². The van der Waals surface area contributed by atoms with Crippen LogP contribution < -0.4 is 14.8 Å². The third kappa shape index (κ3) is 3.66. The monoisotopic (exact) mass is 287 g/mol. The number of carbonyl (C=O) groups is 1. The Morgan fingerprint density at radius 3 is 2.29 bits per heavy atom. The molecule has 5 heteroatoms. The number of hydrogen-bond donors (Lipinski definition) is 2. The molecule has 5 nitrogen and oxygen atoms in total. The molecule has 0 aliphatic carbocycles. The van der Waals surface area contributed by atoms with Crippen LogP contribution >= 0.6 is 0 Å². The van der Waals surface area contributed by atoms with Crippen LogP contribution in [0.4, 0.5) is 5.69 Å². The van der Waals surface area contributed by atoms with E-state index in [0.29, 0.717) is 18.0 Å². The van der Waals surface area contributed by atoms with Crippen LogP contribution in [0.2, 0.25) is 0 Å². The molecule has 2 rings (SSSR count). The van der Waals surface area contributed by atoms with Crippen molar-refractivity contribution >= 4 is 11.7 Å². The van der Waals surface area contributed by atoms with Gasteiger partial charge in [-0.15, -0.1) is 0 Å². The van der Waals surface area contributed by atoms with Gasteiger partial charge in [-0.3, -0.25) is 0 Å². The van der Waals surface area contributed by atoms with E-state index < -0.39 is 5.97 Å². The summed E-state index contributed by atoms with van der Waals surface area (Å²) in [6.45, 7) is 0.604. The molecule has 0 fully saturated rings. The van der Waals surface area contributed by atoms with E-state index in [9.17, 15) is 4.79 Å². The number of hydrogen-bond acceptors (Lipinski definition) is 4. The van der Waals surface area contributed by atoms with Gasteiger partial charge in [0.1, 0.15) is 0 Å². The zero-order chi connectivity index (χ0) is 15.2. The Bertz CT molecular complexity index is 623. The van der Waals surface area contributed by atoms with Gasteiger partial charge in [0.05, 0.1) is 19.8 Å². The lowest BCUT2D eigenvalue weighted by molar-refractivity contribution is 0.0697. The fourth-order valence-corrected chi connectivity index (χ4v) is 1.93. The minimum atomic E-state index is -0.929. The first-order valence-corrected chi connectivity index (χ1v) is 6.42. The molecule has 110 valence electrons. The molecular weight excluding hydrogens is 270 g/mol. The summed E-state index contributed by atoms with van der Waals surface area (Å²) in [5, 5.41) is 12.1. The Morgan fingerprint density at radius 1 is 1.05 bits per heavy atom. The molecule has 0 aliphatic rings.